The molecule has 0 spiro atoms. The van der Waals surface area contributed by atoms with E-state index < -0.39 is 0 Å². The summed E-state index contributed by atoms with van der Waals surface area (Å²) in [5, 5.41) is 22.5. The van der Waals surface area contributed by atoms with Crippen LogP contribution in [-0.2, 0) is 13.1 Å². The molecule has 3 heterocycles. The fourth-order valence-corrected chi connectivity index (χ4v) is 6.57. The maximum atomic E-state index is 14.0. The van der Waals surface area contributed by atoms with Gasteiger partial charge in [0, 0.05) is 30.1 Å². The number of rotatable bonds is 7. The van der Waals surface area contributed by atoms with Gasteiger partial charge in [-0.2, -0.15) is 9.97 Å². The summed E-state index contributed by atoms with van der Waals surface area (Å²) in [4.78, 5) is 30.1. The van der Waals surface area contributed by atoms with Crippen LogP contribution in [0.4, 0.5) is 5.82 Å². The summed E-state index contributed by atoms with van der Waals surface area (Å²) in [6, 6.07) is 9.65. The first-order valence-corrected chi connectivity index (χ1v) is 14.8. The minimum atomic E-state index is -0.325. The third-order valence-corrected chi connectivity index (χ3v) is 8.97. The van der Waals surface area contributed by atoms with Crippen molar-refractivity contribution in [2.45, 2.75) is 71.2 Å². The molecule has 6 rings (SSSR count). The van der Waals surface area contributed by atoms with Gasteiger partial charge < -0.3 is 29.6 Å². The summed E-state index contributed by atoms with van der Waals surface area (Å²) in [7, 11) is 4.17. The second-order valence-corrected chi connectivity index (χ2v) is 12.7. The van der Waals surface area contributed by atoms with Crippen LogP contribution >= 0.6 is 0 Å². The van der Waals surface area contributed by atoms with Gasteiger partial charge in [0.25, 0.3) is 5.91 Å². The molecular formula is C32H41N5O4. The van der Waals surface area contributed by atoms with E-state index in [1.165, 1.54) is 0 Å². The van der Waals surface area contributed by atoms with Gasteiger partial charge in [0.05, 0.1) is 37.1 Å². The predicted octanol–water partition coefficient (Wildman–Crippen LogP) is 4.26. The highest BCUT2D eigenvalue weighted by molar-refractivity contribution is 6.09. The van der Waals surface area contributed by atoms with E-state index in [-0.39, 0.29) is 29.2 Å². The van der Waals surface area contributed by atoms with Crippen LogP contribution in [-0.4, -0.2) is 81.8 Å². The molecule has 1 amide bonds. The Kier molecular flexibility index (Phi) is 7.28. The molecule has 2 aromatic carbocycles. The number of fused-ring (bicyclic) bond motifs is 2. The van der Waals surface area contributed by atoms with Gasteiger partial charge in [-0.05, 0) is 88.5 Å². The molecule has 0 radical (unpaired) electrons. The Labute approximate surface area is 241 Å². The predicted molar refractivity (Wildman–Crippen MR) is 158 cm³/mol. The number of aliphatic hydroxyl groups is 1. The molecular weight excluding hydrogens is 518 g/mol. The summed E-state index contributed by atoms with van der Waals surface area (Å²) in [5.41, 5.74) is 3.35. The molecule has 1 saturated heterocycles. The molecule has 1 aromatic heterocycles. The number of carbonyl (C=O) groups excluding carboxylic acids is 1. The zero-order valence-corrected chi connectivity index (χ0v) is 24.6. The number of amides is 1. The number of aromatic nitrogens is 2. The van der Waals surface area contributed by atoms with E-state index in [1.54, 1.807) is 17.0 Å². The van der Waals surface area contributed by atoms with E-state index in [4.69, 9.17) is 14.7 Å². The number of ether oxygens (including phenoxy) is 1. The average Bonchev–Trinajstić information content (AvgIpc) is 3.58. The standard InChI is InChI=1S/C32H41N5O4/c1-20-6-5-7-22-14-24(39)15-25(28(20)22)30(40)36-16-26-27(17-36)33-31(41-19-32(11-12-32)18-35(3)4)34-29(26)37-13-10-23(38)9-8-21(37)2/h5-7,14-15,21,23,38-39H,8-13,16-19H2,1-4H3. The molecule has 3 aliphatic rings. The highest BCUT2D eigenvalue weighted by Crippen LogP contribution is 2.46. The van der Waals surface area contributed by atoms with Gasteiger partial charge in [-0.15, -0.1) is 0 Å². The number of anilines is 1. The van der Waals surface area contributed by atoms with Crippen molar-refractivity contribution in [1.82, 2.24) is 19.8 Å². The number of phenols is 1. The van der Waals surface area contributed by atoms with Crippen molar-refractivity contribution in [3.05, 3.63) is 52.7 Å². The highest BCUT2D eigenvalue weighted by Gasteiger charge is 2.44. The lowest BCUT2D eigenvalue weighted by atomic mass is 9.98. The smallest absolute Gasteiger partial charge is 0.318 e. The van der Waals surface area contributed by atoms with Gasteiger partial charge >= 0.3 is 6.01 Å². The average molecular weight is 560 g/mol. The first kappa shape index (κ1) is 27.7. The van der Waals surface area contributed by atoms with Gasteiger partial charge in [-0.25, -0.2) is 0 Å². The number of benzene rings is 2. The van der Waals surface area contributed by atoms with E-state index in [1.807, 2.05) is 25.1 Å². The molecule has 2 unspecified atom stereocenters. The summed E-state index contributed by atoms with van der Waals surface area (Å²) < 4.78 is 6.29. The number of hydrogen-bond acceptors (Lipinski definition) is 8. The minimum Gasteiger partial charge on any atom is -0.508 e. The van der Waals surface area contributed by atoms with Gasteiger partial charge in [0.1, 0.15) is 11.6 Å². The van der Waals surface area contributed by atoms with Crippen LogP contribution in [0.15, 0.2) is 30.3 Å². The molecule has 2 N–H and O–H groups in total. The second kappa shape index (κ2) is 10.8. The zero-order valence-electron chi connectivity index (χ0n) is 24.6. The number of nitrogens with zero attached hydrogens (tertiary/aromatic N) is 5. The second-order valence-electron chi connectivity index (χ2n) is 12.7. The molecule has 41 heavy (non-hydrogen) atoms. The fourth-order valence-electron chi connectivity index (χ4n) is 6.57. The summed E-state index contributed by atoms with van der Waals surface area (Å²) in [5.74, 6) is 0.730. The van der Waals surface area contributed by atoms with Crippen molar-refractivity contribution in [3.8, 4) is 11.8 Å². The Morgan fingerprint density at radius 1 is 1.15 bits per heavy atom. The van der Waals surface area contributed by atoms with Crippen molar-refractivity contribution in [1.29, 1.82) is 0 Å². The number of aliphatic hydroxyl groups excluding tert-OH is 1. The Bertz CT molecular complexity index is 1470. The summed E-state index contributed by atoms with van der Waals surface area (Å²) in [6.45, 7) is 7.09. The SMILES string of the molecule is Cc1cccc2cc(O)cc(C(=O)N3Cc4nc(OCC5(CN(C)C)CC5)nc(N5CCC(O)CCC5C)c4C3)c12. The van der Waals surface area contributed by atoms with Crippen LogP contribution in [0.25, 0.3) is 10.8 Å². The normalized spacial score (nSPS) is 21.7. The maximum absolute atomic E-state index is 14.0. The number of phenolic OH excluding ortho intramolecular Hbond substituents is 1. The van der Waals surface area contributed by atoms with Gasteiger partial charge in [0.2, 0.25) is 0 Å². The van der Waals surface area contributed by atoms with E-state index in [9.17, 15) is 15.0 Å². The molecule has 2 aliphatic heterocycles. The highest BCUT2D eigenvalue weighted by atomic mass is 16.5. The lowest BCUT2D eigenvalue weighted by Gasteiger charge is -2.30. The molecule has 2 atom stereocenters. The van der Waals surface area contributed by atoms with E-state index >= 15 is 0 Å². The van der Waals surface area contributed by atoms with Gasteiger partial charge in [-0.1, -0.05) is 18.2 Å². The van der Waals surface area contributed by atoms with E-state index in [0.29, 0.717) is 44.2 Å². The number of hydrogen-bond donors (Lipinski definition) is 2. The maximum Gasteiger partial charge on any atom is 0.318 e. The van der Waals surface area contributed by atoms with Crippen molar-refractivity contribution in [3.63, 3.8) is 0 Å². The lowest BCUT2D eigenvalue weighted by molar-refractivity contribution is 0.0752. The lowest BCUT2D eigenvalue weighted by Crippen LogP contribution is -2.35. The molecule has 1 aliphatic carbocycles. The molecule has 218 valence electrons. The van der Waals surface area contributed by atoms with Crippen LogP contribution in [0, 0.1) is 12.3 Å². The van der Waals surface area contributed by atoms with Gasteiger partial charge in [0.15, 0.2) is 0 Å². The van der Waals surface area contributed by atoms with E-state index in [0.717, 1.165) is 65.6 Å². The zero-order chi connectivity index (χ0) is 28.9. The monoisotopic (exact) mass is 559 g/mol. The fraction of sp³-hybridized carbons (Fsp3) is 0.531. The first-order valence-electron chi connectivity index (χ1n) is 14.8. The quantitative estimate of drug-likeness (QED) is 0.443. The van der Waals surface area contributed by atoms with Crippen LogP contribution in [0.5, 0.6) is 11.8 Å². The number of carbonyl (C=O) groups is 1. The molecule has 9 nitrogen and oxygen atoms in total. The minimum absolute atomic E-state index is 0.0722. The van der Waals surface area contributed by atoms with Crippen molar-refractivity contribution < 1.29 is 19.7 Å². The largest absolute Gasteiger partial charge is 0.508 e. The Morgan fingerprint density at radius 3 is 2.71 bits per heavy atom. The summed E-state index contributed by atoms with van der Waals surface area (Å²) >= 11 is 0. The topological polar surface area (TPSA) is 102 Å². The first-order chi connectivity index (χ1) is 19.6. The Hall–Kier alpha value is -3.43. The van der Waals surface area contributed by atoms with Crippen molar-refractivity contribution in [2.75, 3.05) is 38.7 Å². The van der Waals surface area contributed by atoms with Crippen LogP contribution in [0.3, 0.4) is 0 Å². The van der Waals surface area contributed by atoms with Crippen LogP contribution < -0.4 is 9.64 Å². The summed E-state index contributed by atoms with van der Waals surface area (Å²) in [6.07, 6.45) is 4.22. The van der Waals surface area contributed by atoms with Gasteiger partial charge in [-0.3, -0.25) is 4.79 Å². The van der Waals surface area contributed by atoms with E-state index in [2.05, 4.69) is 30.8 Å². The Morgan fingerprint density at radius 2 is 1.95 bits per heavy atom. The van der Waals surface area contributed by atoms with Crippen molar-refractivity contribution in [2.24, 2.45) is 5.41 Å². The molecule has 2 fully saturated rings. The number of aryl methyl sites for hydroxylation is 1. The molecule has 0 bridgehead atoms. The van der Waals surface area contributed by atoms with Crippen molar-refractivity contribution >= 4 is 22.5 Å². The Balaban J connectivity index is 1.34. The third kappa shape index (κ3) is 5.57. The van der Waals surface area contributed by atoms with Crippen LogP contribution in [0.1, 0.15) is 66.2 Å². The molecule has 1 saturated carbocycles. The number of aromatic hydroxyl groups is 1. The van der Waals surface area contributed by atoms with Crippen LogP contribution in [0.2, 0.25) is 0 Å². The molecule has 9 heteroatoms. The molecule has 3 aromatic rings. The third-order valence-electron chi connectivity index (χ3n) is 8.97.